The minimum absolute atomic E-state index is 0.0715. The van der Waals surface area contributed by atoms with Crippen molar-refractivity contribution in [3.8, 4) is 23.5 Å². The molecule has 0 spiro atoms. The minimum atomic E-state index is -4.71. The molecular formula is C45H47Cl2F10N14O18PS3. The van der Waals surface area contributed by atoms with Crippen molar-refractivity contribution in [3.05, 3.63) is 116 Å². The molecule has 0 saturated heterocycles. The lowest BCUT2D eigenvalue weighted by Crippen LogP contribution is -2.35. The van der Waals surface area contributed by atoms with Gasteiger partial charge in [-0.1, -0.05) is 53.5 Å². The summed E-state index contributed by atoms with van der Waals surface area (Å²) in [6, 6.07) is 8.31. The van der Waals surface area contributed by atoms with Crippen LogP contribution in [0.4, 0.5) is 76.9 Å². The number of ether oxygens (including phenoxy) is 3. The number of methoxy groups -OCH3 is 1. The number of aromatic carboxylic acids is 1. The van der Waals surface area contributed by atoms with E-state index < -0.39 is 158 Å². The third-order valence-electron chi connectivity index (χ3n) is 9.39. The lowest BCUT2D eigenvalue weighted by atomic mass is 10.1. The van der Waals surface area contributed by atoms with Crippen LogP contribution in [-0.2, 0) is 52.9 Å². The number of hydrogen-bond donors (Lipinski definition) is 9. The molecule has 0 aliphatic carbocycles. The Bertz CT molecular complexity index is 3830. The molecule has 0 aliphatic heterocycles. The summed E-state index contributed by atoms with van der Waals surface area (Å²) in [6.07, 6.45) is -4.11. The molecular weight excluding hydrogens is 1410 g/mol. The second-order valence-corrected chi connectivity index (χ2v) is 25.3. The standard InChI is InChI=1S/C15H16F3N5O4S.C14H10F4N4O7S.C10H5Cl2F3N4O2.C3H8NO5P.C3H9S/c1-9-19-12(22-14(20-9)27-2)21-13(24)23-28(25,26)11-6-4-3-5-10(11)7-8-15(16,17)18;15-11(16)28-8-5-9(29-12(17)18)20-13(19-8)21-14(25)22-30(26,27)7-4-2-1-3-6(7)10(23)24;11-5-1-4(10(13,14)15)2-6(12)8(5)18-9(16)7(3-17-18)19(20)21;5-3(6)1-4-2-10(7,8)9;1-4(2)3/h3-6H,7-8H2,1-2H3,(H2,19,20,21,22,23,24);1-5,11-12H,(H,23,24)(H2,19,20,21,22,25);1-3H,16H2;4H,1-2H2,(H,5,6)(H2,7,8,9);1-3H3/q;;;;+1/p-1. The number of aryl methyl sites for hydroxylation is 2. The third kappa shape index (κ3) is 29.2. The van der Waals surface area contributed by atoms with Crippen molar-refractivity contribution in [2.45, 2.75) is 55.1 Å². The highest BCUT2D eigenvalue weighted by atomic mass is 35.5. The van der Waals surface area contributed by atoms with Gasteiger partial charge in [0.15, 0.2) is 0 Å². The smallest absolute Gasteiger partial charge is 0.416 e. The fraction of sp³-hybridized carbons (Fsp3) is 0.289. The van der Waals surface area contributed by atoms with Crippen molar-refractivity contribution < 1.29 is 124 Å². The number of aliphatic carboxylic acids is 1. The van der Waals surface area contributed by atoms with Gasteiger partial charge in [-0.15, -0.1) is 0 Å². The predicted octanol–water partition coefficient (Wildman–Crippen LogP) is 6.43. The average molecular weight is 1460 g/mol. The summed E-state index contributed by atoms with van der Waals surface area (Å²) in [4.78, 5) is 89.4. The fourth-order valence-corrected chi connectivity index (χ4v) is 9.33. The zero-order valence-corrected chi connectivity index (χ0v) is 52.1. The number of sulfonamides is 2. The lowest BCUT2D eigenvalue weighted by molar-refractivity contribution is -0.383. The average Bonchev–Trinajstić information content (AvgIpc) is 1.77. The Morgan fingerprint density at radius 3 is 1.70 bits per heavy atom. The lowest BCUT2D eigenvalue weighted by Gasteiger charge is -2.14. The van der Waals surface area contributed by atoms with Gasteiger partial charge in [0.05, 0.1) is 75.8 Å². The number of nitrogens with zero attached hydrogens (tertiary/aromatic N) is 8. The number of anilines is 3. The molecule has 3 aromatic carbocycles. The molecule has 10 N–H and O–H groups in total. The highest BCUT2D eigenvalue weighted by Gasteiger charge is 2.34. The maximum Gasteiger partial charge on any atom is 0.416 e. The fourth-order valence-electron chi connectivity index (χ4n) is 6.01. The largest absolute Gasteiger partial charge is 0.778 e. The van der Waals surface area contributed by atoms with E-state index in [0.717, 1.165) is 29.1 Å². The van der Waals surface area contributed by atoms with Crippen LogP contribution in [0, 0.1) is 17.0 Å². The summed E-state index contributed by atoms with van der Waals surface area (Å²) in [6.45, 7) is -5.80. The number of alkyl halides is 10. The number of urea groups is 2. The van der Waals surface area contributed by atoms with Crippen molar-refractivity contribution in [2.24, 2.45) is 0 Å². The molecule has 3 aromatic heterocycles. The van der Waals surface area contributed by atoms with E-state index in [1.165, 1.54) is 49.1 Å². The highest BCUT2D eigenvalue weighted by Crippen LogP contribution is 2.39. The maximum atomic E-state index is 12.6. The van der Waals surface area contributed by atoms with Crippen LogP contribution in [0.5, 0.6) is 17.8 Å². The number of carboxylic acid groups (broad SMARTS) is 2. The van der Waals surface area contributed by atoms with Gasteiger partial charge in [0.2, 0.25) is 29.5 Å². The van der Waals surface area contributed by atoms with Gasteiger partial charge in [-0.2, -0.15) is 73.9 Å². The van der Waals surface area contributed by atoms with Crippen molar-refractivity contribution in [3.63, 3.8) is 0 Å². The number of nitrogens with two attached hydrogens (primary N) is 1. The molecule has 3 heterocycles. The Morgan fingerprint density at radius 2 is 1.27 bits per heavy atom. The quantitative estimate of drug-likeness (QED) is 0.0131. The SMILES string of the molecule is COc1nc(C)nc(NC(=O)NS(=O)(=O)c2ccccc2CCC(F)(F)F)n1.C[S+](C)C.Nc1c([N+](=O)[O-])cnn1-c1c(Cl)cc(C(F)(F)F)cc1Cl.O=C(Nc1nc(OC(F)F)cc(OC(F)F)n1)NS(=O)(=O)c1ccccc1C(=O)O.O=C(O)CNCP(=O)([O-])O. The number of aromatic nitrogens is 7. The number of benzene rings is 3. The van der Waals surface area contributed by atoms with Gasteiger partial charge in [-0.25, -0.2) is 45.3 Å². The van der Waals surface area contributed by atoms with Crippen molar-refractivity contribution in [1.82, 2.24) is 49.5 Å². The van der Waals surface area contributed by atoms with E-state index in [4.69, 9.17) is 48.8 Å². The monoisotopic (exact) mass is 1460 g/mol. The van der Waals surface area contributed by atoms with Crippen LogP contribution in [0.25, 0.3) is 5.69 Å². The van der Waals surface area contributed by atoms with Gasteiger partial charge in [-0.05, 0) is 60.1 Å². The molecule has 6 aromatic rings. The summed E-state index contributed by atoms with van der Waals surface area (Å²) in [5.74, 6) is -6.08. The molecule has 1 atom stereocenters. The molecule has 0 aliphatic rings. The van der Waals surface area contributed by atoms with E-state index in [1.54, 1.807) is 10.0 Å². The molecule has 93 heavy (non-hydrogen) atoms. The predicted molar refractivity (Wildman–Crippen MR) is 304 cm³/mol. The van der Waals surface area contributed by atoms with Crippen LogP contribution >= 0.6 is 30.8 Å². The van der Waals surface area contributed by atoms with Crippen LogP contribution in [0.2, 0.25) is 10.0 Å². The number of rotatable bonds is 20. The van der Waals surface area contributed by atoms with Crippen molar-refractivity contribution in [1.29, 1.82) is 0 Å². The van der Waals surface area contributed by atoms with E-state index in [-0.39, 0.29) is 39.1 Å². The van der Waals surface area contributed by atoms with Crippen LogP contribution in [-0.4, -0.2) is 154 Å². The Balaban J connectivity index is 0.000000434. The molecule has 6 rings (SSSR count). The second-order valence-electron chi connectivity index (χ2n) is 17.2. The third-order valence-corrected chi connectivity index (χ3v) is 13.4. The molecule has 0 saturated carbocycles. The molecule has 512 valence electrons. The van der Waals surface area contributed by atoms with E-state index in [0.29, 0.717) is 29.1 Å². The normalized spacial score (nSPS) is 11.9. The van der Waals surface area contributed by atoms with E-state index >= 15 is 0 Å². The maximum absolute atomic E-state index is 12.6. The first-order valence-corrected chi connectivity index (χ1v) is 31.9. The number of nitrogens with one attached hydrogen (secondary N) is 5. The molecule has 1 unspecified atom stereocenters. The number of carbonyl (C=O) groups is 4. The van der Waals surface area contributed by atoms with Gasteiger partial charge >= 0.3 is 61.3 Å². The topological polar surface area (TPSA) is 477 Å². The molecule has 0 radical (unpaired) electrons. The first-order valence-electron chi connectivity index (χ1n) is 23.9. The second kappa shape index (κ2) is 35.4. The Kier molecular flexibility index (Phi) is 30.6. The summed E-state index contributed by atoms with van der Waals surface area (Å²) in [5.41, 5.74) is 3.07. The summed E-state index contributed by atoms with van der Waals surface area (Å²) < 4.78 is 200. The summed E-state index contributed by atoms with van der Waals surface area (Å²) >= 11 is 11.5. The van der Waals surface area contributed by atoms with Gasteiger partial charge < -0.3 is 44.5 Å². The molecule has 4 amide bonds. The molecule has 32 nitrogen and oxygen atoms in total. The van der Waals surface area contributed by atoms with E-state index in [2.05, 4.69) is 63.6 Å². The summed E-state index contributed by atoms with van der Waals surface area (Å²) in [7, 11) is -11.6. The van der Waals surface area contributed by atoms with E-state index in [1.807, 2.05) is 5.32 Å². The number of halogens is 12. The minimum Gasteiger partial charge on any atom is -0.778 e. The zero-order chi connectivity index (χ0) is 71.1. The Hall–Kier alpha value is -8.72. The number of amides is 4. The van der Waals surface area contributed by atoms with Crippen molar-refractivity contribution >= 4 is 109 Å². The first-order chi connectivity index (χ1) is 42.7. The number of nitro groups is 1. The highest BCUT2D eigenvalue weighted by molar-refractivity contribution is 7.94. The Labute approximate surface area is 529 Å². The van der Waals surface area contributed by atoms with Crippen LogP contribution in [0.15, 0.2) is 82.7 Å². The van der Waals surface area contributed by atoms with Crippen LogP contribution in [0.3, 0.4) is 0 Å². The Morgan fingerprint density at radius 1 is 0.796 bits per heavy atom. The van der Waals surface area contributed by atoms with Gasteiger partial charge in [-0.3, -0.25) is 30.9 Å². The molecule has 0 bridgehead atoms. The van der Waals surface area contributed by atoms with Gasteiger partial charge in [0, 0.05) is 6.42 Å². The first kappa shape index (κ1) is 80.4. The van der Waals surface area contributed by atoms with Gasteiger partial charge in [0.25, 0.3) is 20.0 Å². The number of hydrogen-bond acceptors (Lipinski definition) is 23. The van der Waals surface area contributed by atoms with Crippen LogP contribution in [0.1, 0.15) is 33.7 Å². The molecule has 0 fully saturated rings. The summed E-state index contributed by atoms with van der Waals surface area (Å²) in [5, 5.41) is 36.3. The van der Waals surface area contributed by atoms with Crippen molar-refractivity contribution in [2.75, 3.05) is 55.1 Å². The van der Waals surface area contributed by atoms with E-state index in [9.17, 15) is 99.5 Å². The van der Waals surface area contributed by atoms with Crippen LogP contribution < -0.4 is 50.2 Å². The zero-order valence-electron chi connectivity index (χ0n) is 47.2. The van der Waals surface area contributed by atoms with Gasteiger partial charge in [0.1, 0.15) is 30.2 Å². The number of nitrogen functional groups attached to an aromatic ring is 1. The number of carbonyl (C=O) groups excluding carboxylic acids is 2. The molecule has 48 heteroatoms. The number of carboxylic acids is 2.